The van der Waals surface area contributed by atoms with E-state index in [2.05, 4.69) is 112 Å². The minimum atomic E-state index is 0.642. The first-order chi connectivity index (χ1) is 22.8. The van der Waals surface area contributed by atoms with Crippen LogP contribution in [0.15, 0.2) is 164 Å². The molecule has 3 heterocycles. The lowest BCUT2D eigenvalue weighted by Gasteiger charge is -2.11. The predicted octanol–water partition coefficient (Wildman–Crippen LogP) is 9.91. The maximum atomic E-state index is 4.93. The molecule has 0 aliphatic carbocycles. The molecule has 0 N–H and O–H groups in total. The lowest BCUT2D eigenvalue weighted by molar-refractivity contribution is 1.07. The Morgan fingerprint density at radius 1 is 0.391 bits per heavy atom. The van der Waals surface area contributed by atoms with Crippen LogP contribution in [0, 0.1) is 0 Å². The molecule has 9 aromatic rings. The molecule has 0 atom stereocenters. The van der Waals surface area contributed by atoms with Gasteiger partial charge in [-0.15, -0.1) is 0 Å². The van der Waals surface area contributed by atoms with E-state index < -0.39 is 0 Å². The Hall–Kier alpha value is -6.33. The summed E-state index contributed by atoms with van der Waals surface area (Å²) in [6, 6.07) is 54.6. The van der Waals surface area contributed by atoms with Crippen LogP contribution < -0.4 is 0 Å². The molecular formula is C41H27N5. The van der Waals surface area contributed by atoms with Gasteiger partial charge in [-0.3, -0.25) is 0 Å². The average Bonchev–Trinajstić information content (AvgIpc) is 3.72. The molecule has 0 saturated carbocycles. The lowest BCUT2D eigenvalue weighted by atomic mass is 10.1. The minimum absolute atomic E-state index is 0.642. The molecule has 0 fully saturated rings. The summed E-state index contributed by atoms with van der Waals surface area (Å²) in [6.07, 6.45) is 2.17. The van der Waals surface area contributed by atoms with Gasteiger partial charge in [0.25, 0.3) is 0 Å². The van der Waals surface area contributed by atoms with Gasteiger partial charge in [0, 0.05) is 50.4 Å². The van der Waals surface area contributed by atoms with Crippen LogP contribution >= 0.6 is 0 Å². The van der Waals surface area contributed by atoms with Crippen molar-refractivity contribution in [2.45, 2.75) is 0 Å². The summed E-state index contributed by atoms with van der Waals surface area (Å²) in [5, 5.41) is 3.68. The Morgan fingerprint density at radius 3 is 1.57 bits per heavy atom. The zero-order chi connectivity index (χ0) is 30.5. The third kappa shape index (κ3) is 4.29. The van der Waals surface area contributed by atoms with Gasteiger partial charge in [-0.1, -0.05) is 103 Å². The molecule has 0 aliphatic heterocycles. The topological polar surface area (TPSA) is 48.5 Å². The zero-order valence-electron chi connectivity index (χ0n) is 24.8. The van der Waals surface area contributed by atoms with Crippen molar-refractivity contribution in [1.82, 2.24) is 24.1 Å². The van der Waals surface area contributed by atoms with Crippen LogP contribution in [0.25, 0.3) is 78.2 Å². The van der Waals surface area contributed by atoms with Gasteiger partial charge in [-0.05, 0) is 54.6 Å². The van der Waals surface area contributed by atoms with Gasteiger partial charge in [0.1, 0.15) is 0 Å². The summed E-state index contributed by atoms with van der Waals surface area (Å²) in [5.74, 6) is 1.95. The Bertz CT molecular complexity index is 2440. The summed E-state index contributed by atoms with van der Waals surface area (Å²) in [6.45, 7) is 0. The van der Waals surface area contributed by atoms with Crippen molar-refractivity contribution in [3.8, 4) is 45.5 Å². The van der Waals surface area contributed by atoms with Crippen LogP contribution in [-0.2, 0) is 0 Å². The third-order valence-corrected chi connectivity index (χ3v) is 8.60. The van der Waals surface area contributed by atoms with E-state index in [0.29, 0.717) is 17.5 Å². The number of fused-ring (bicyclic) bond motifs is 5. The quantitative estimate of drug-likeness (QED) is 0.201. The maximum absolute atomic E-state index is 4.93. The second kappa shape index (κ2) is 10.7. The number of nitrogens with zero attached hydrogens (tertiary/aromatic N) is 5. The fourth-order valence-corrected chi connectivity index (χ4v) is 6.46. The molecule has 216 valence electrons. The van der Waals surface area contributed by atoms with E-state index in [4.69, 9.17) is 15.0 Å². The van der Waals surface area contributed by atoms with Crippen LogP contribution in [0.3, 0.4) is 0 Å². The van der Waals surface area contributed by atoms with Crippen molar-refractivity contribution in [3.05, 3.63) is 164 Å². The third-order valence-electron chi connectivity index (χ3n) is 8.60. The molecular weight excluding hydrogens is 562 g/mol. The van der Waals surface area contributed by atoms with Crippen LogP contribution in [0.5, 0.6) is 0 Å². The average molecular weight is 590 g/mol. The van der Waals surface area contributed by atoms with Gasteiger partial charge in [0.15, 0.2) is 17.5 Å². The summed E-state index contributed by atoms with van der Waals surface area (Å²) >= 11 is 0. The monoisotopic (exact) mass is 589 g/mol. The second-order valence-electron chi connectivity index (χ2n) is 11.4. The molecule has 3 aromatic heterocycles. The molecule has 9 rings (SSSR count). The number of rotatable bonds is 5. The summed E-state index contributed by atoms with van der Waals surface area (Å²) in [5.41, 5.74) is 8.60. The van der Waals surface area contributed by atoms with Crippen molar-refractivity contribution < 1.29 is 0 Å². The van der Waals surface area contributed by atoms with E-state index >= 15 is 0 Å². The Balaban J connectivity index is 1.21. The molecule has 5 heteroatoms. The Kier molecular flexibility index (Phi) is 6.06. The van der Waals surface area contributed by atoms with E-state index in [0.717, 1.165) is 39.1 Å². The van der Waals surface area contributed by atoms with Gasteiger partial charge >= 0.3 is 0 Å². The van der Waals surface area contributed by atoms with Crippen LogP contribution in [0.4, 0.5) is 0 Å². The van der Waals surface area contributed by atoms with E-state index in [1.165, 1.54) is 21.7 Å². The number of hydrogen-bond acceptors (Lipinski definition) is 3. The van der Waals surface area contributed by atoms with Gasteiger partial charge in [-0.2, -0.15) is 0 Å². The summed E-state index contributed by atoms with van der Waals surface area (Å²) < 4.78 is 4.65. The predicted molar refractivity (Wildman–Crippen MR) is 187 cm³/mol. The fraction of sp³-hybridized carbons (Fsp3) is 0. The summed E-state index contributed by atoms with van der Waals surface area (Å²) in [4.78, 5) is 14.7. The largest absolute Gasteiger partial charge is 0.316 e. The highest BCUT2D eigenvalue weighted by molar-refractivity contribution is 6.20. The lowest BCUT2D eigenvalue weighted by Crippen LogP contribution is -2.00. The molecule has 0 radical (unpaired) electrons. The van der Waals surface area contributed by atoms with Crippen molar-refractivity contribution in [2.75, 3.05) is 0 Å². The van der Waals surface area contributed by atoms with Crippen LogP contribution in [0.1, 0.15) is 0 Å². The standard InChI is InChI=1S/C41H27N5/c1-4-12-29(13-5-1)39-42-40(30-14-6-2-7-15-30)44-41(43-39)31-20-23-33(24-21-31)46-35-19-11-10-18-34(35)37-36(46)25-22-28-26-27-45(38(28)37)32-16-8-3-9-17-32/h1-27H. The first-order valence-corrected chi connectivity index (χ1v) is 15.4. The van der Waals surface area contributed by atoms with Crippen molar-refractivity contribution in [2.24, 2.45) is 0 Å². The van der Waals surface area contributed by atoms with E-state index in [1.54, 1.807) is 0 Å². The van der Waals surface area contributed by atoms with E-state index in [9.17, 15) is 0 Å². The smallest absolute Gasteiger partial charge is 0.164 e. The molecule has 5 nitrogen and oxygen atoms in total. The zero-order valence-corrected chi connectivity index (χ0v) is 24.8. The van der Waals surface area contributed by atoms with E-state index in [1.807, 2.05) is 60.7 Å². The number of benzene rings is 6. The van der Waals surface area contributed by atoms with E-state index in [-0.39, 0.29) is 0 Å². The number of para-hydroxylation sites is 2. The van der Waals surface area contributed by atoms with Crippen molar-refractivity contribution in [3.63, 3.8) is 0 Å². The van der Waals surface area contributed by atoms with Gasteiger partial charge in [0.2, 0.25) is 0 Å². The highest BCUT2D eigenvalue weighted by atomic mass is 15.0. The van der Waals surface area contributed by atoms with Gasteiger partial charge in [-0.25, -0.2) is 15.0 Å². The first kappa shape index (κ1) is 26.1. The summed E-state index contributed by atoms with van der Waals surface area (Å²) in [7, 11) is 0. The molecule has 46 heavy (non-hydrogen) atoms. The maximum Gasteiger partial charge on any atom is 0.164 e. The Labute approximate surface area is 265 Å². The number of aromatic nitrogens is 5. The highest BCUT2D eigenvalue weighted by Crippen LogP contribution is 2.38. The van der Waals surface area contributed by atoms with Crippen molar-refractivity contribution >= 4 is 32.7 Å². The second-order valence-corrected chi connectivity index (χ2v) is 11.4. The number of hydrogen-bond donors (Lipinski definition) is 0. The van der Waals surface area contributed by atoms with Crippen LogP contribution in [0.2, 0.25) is 0 Å². The molecule has 0 unspecified atom stereocenters. The molecule has 0 aliphatic rings. The van der Waals surface area contributed by atoms with Gasteiger partial charge in [0.05, 0.1) is 16.6 Å². The minimum Gasteiger partial charge on any atom is -0.316 e. The molecule has 0 saturated heterocycles. The Morgan fingerprint density at radius 2 is 0.935 bits per heavy atom. The molecule has 6 aromatic carbocycles. The van der Waals surface area contributed by atoms with Crippen LogP contribution in [-0.4, -0.2) is 24.1 Å². The van der Waals surface area contributed by atoms with Crippen molar-refractivity contribution in [1.29, 1.82) is 0 Å². The molecule has 0 amide bonds. The first-order valence-electron chi connectivity index (χ1n) is 15.4. The van der Waals surface area contributed by atoms with Gasteiger partial charge < -0.3 is 9.13 Å². The fourth-order valence-electron chi connectivity index (χ4n) is 6.46. The molecule has 0 bridgehead atoms. The highest BCUT2D eigenvalue weighted by Gasteiger charge is 2.18. The SMILES string of the molecule is c1ccc(-c2nc(-c3ccccc3)nc(-c3ccc(-n4c5ccccc5c5c6c(ccc54)ccn6-c4ccccc4)cc3)n2)cc1. The normalized spacial score (nSPS) is 11.5. The molecule has 0 spiro atoms.